The number of fused-ring (bicyclic) bond motifs is 1. The number of aliphatic imine (C=N–C) groups is 1. The number of hydrogen-bond acceptors (Lipinski definition) is 6. The SMILES string of the molecule is C=CCn1c(=O)/c(=C2/Sc3ccccc3N2CC)s/c1=C1/C(=O)N(c2ccccc2)NC1=Nc1ccccc1. The molecule has 1 N–H and O–H groups in total. The first-order valence-corrected chi connectivity index (χ1v) is 14.2. The maximum Gasteiger partial charge on any atom is 0.283 e. The summed E-state index contributed by atoms with van der Waals surface area (Å²) in [5.41, 5.74) is 5.85. The number of hydrazine groups is 1. The monoisotopic (exact) mass is 551 g/mol. The van der Waals surface area contributed by atoms with Gasteiger partial charge in [-0.1, -0.05) is 66.4 Å². The minimum Gasteiger partial charge on any atom is -0.334 e. The molecule has 0 bridgehead atoms. The van der Waals surface area contributed by atoms with Crippen LogP contribution in [0, 0.1) is 0 Å². The topological polar surface area (TPSA) is 69.9 Å². The molecule has 1 fully saturated rings. The molecular formula is C30H25N5O2S2. The third-order valence-corrected chi connectivity index (χ3v) is 8.91. The van der Waals surface area contributed by atoms with Crippen molar-refractivity contribution in [3.63, 3.8) is 0 Å². The van der Waals surface area contributed by atoms with Gasteiger partial charge in [0.1, 0.15) is 19.8 Å². The van der Waals surface area contributed by atoms with Crippen LogP contribution in [-0.4, -0.2) is 22.9 Å². The van der Waals surface area contributed by atoms with Crippen LogP contribution in [0.2, 0.25) is 0 Å². The Morgan fingerprint density at radius 2 is 1.64 bits per heavy atom. The van der Waals surface area contributed by atoms with Gasteiger partial charge in [0.15, 0.2) is 5.84 Å². The third kappa shape index (κ3) is 4.39. The van der Waals surface area contributed by atoms with Crippen LogP contribution >= 0.6 is 23.1 Å². The quantitative estimate of drug-likeness (QED) is 0.376. The fraction of sp³-hybridized carbons (Fsp3) is 0.100. The van der Waals surface area contributed by atoms with Gasteiger partial charge in [-0.3, -0.25) is 19.6 Å². The van der Waals surface area contributed by atoms with Crippen molar-refractivity contribution in [1.82, 2.24) is 9.99 Å². The van der Waals surface area contributed by atoms with Crippen molar-refractivity contribution in [1.29, 1.82) is 0 Å². The molecule has 6 rings (SSSR count). The Kier molecular flexibility index (Phi) is 6.68. The zero-order valence-electron chi connectivity index (χ0n) is 21.2. The van der Waals surface area contributed by atoms with Crippen molar-refractivity contribution in [3.05, 3.63) is 117 Å². The molecule has 0 atom stereocenters. The van der Waals surface area contributed by atoms with Gasteiger partial charge in [0.05, 0.1) is 17.1 Å². The summed E-state index contributed by atoms with van der Waals surface area (Å²) < 4.78 is 2.76. The van der Waals surface area contributed by atoms with E-state index in [-0.39, 0.29) is 18.0 Å². The number of nitrogens with zero attached hydrogens (tertiary/aromatic N) is 4. The molecule has 0 aliphatic carbocycles. The average Bonchev–Trinajstić information content (AvgIpc) is 3.60. The van der Waals surface area contributed by atoms with E-state index in [1.54, 1.807) is 22.4 Å². The Morgan fingerprint density at radius 3 is 2.36 bits per heavy atom. The molecule has 2 aliphatic heterocycles. The lowest BCUT2D eigenvalue weighted by molar-refractivity contribution is -0.113. The summed E-state index contributed by atoms with van der Waals surface area (Å²) in [6.45, 7) is 6.93. The number of amidine groups is 1. The van der Waals surface area contributed by atoms with E-state index in [4.69, 9.17) is 4.99 Å². The maximum atomic E-state index is 14.0. The Bertz CT molecular complexity index is 1790. The highest BCUT2D eigenvalue weighted by molar-refractivity contribution is 8.08. The van der Waals surface area contributed by atoms with Crippen molar-refractivity contribution in [3.8, 4) is 0 Å². The second-order valence-corrected chi connectivity index (χ2v) is 10.8. The molecule has 39 heavy (non-hydrogen) atoms. The van der Waals surface area contributed by atoms with Gasteiger partial charge in [0, 0.05) is 18.0 Å². The number of aromatic nitrogens is 1. The number of amides is 1. The fourth-order valence-corrected chi connectivity index (χ4v) is 7.18. The highest BCUT2D eigenvalue weighted by atomic mass is 32.2. The minimum absolute atomic E-state index is 0.152. The number of carbonyl (C=O) groups is 1. The summed E-state index contributed by atoms with van der Waals surface area (Å²) in [7, 11) is 0. The van der Waals surface area contributed by atoms with E-state index >= 15 is 0 Å². The second kappa shape index (κ2) is 10.4. The first-order valence-electron chi connectivity index (χ1n) is 12.5. The molecular weight excluding hydrogens is 526 g/mol. The van der Waals surface area contributed by atoms with Gasteiger partial charge in [-0.2, -0.15) is 0 Å². The normalized spacial score (nSPS) is 18.5. The van der Waals surface area contributed by atoms with E-state index in [0.717, 1.165) is 15.6 Å². The highest BCUT2D eigenvalue weighted by Crippen LogP contribution is 2.45. The van der Waals surface area contributed by atoms with Gasteiger partial charge in [-0.25, -0.2) is 10.0 Å². The lowest BCUT2D eigenvalue weighted by Crippen LogP contribution is -2.36. The van der Waals surface area contributed by atoms with E-state index in [2.05, 4.69) is 36.0 Å². The molecule has 0 unspecified atom stereocenters. The summed E-state index contributed by atoms with van der Waals surface area (Å²) in [5.74, 6) is 0.113. The number of benzene rings is 3. The molecule has 0 saturated carbocycles. The molecule has 7 nitrogen and oxygen atoms in total. The molecule has 2 aliphatic rings. The second-order valence-electron chi connectivity index (χ2n) is 8.82. The predicted molar refractivity (Wildman–Crippen MR) is 161 cm³/mol. The van der Waals surface area contributed by atoms with Gasteiger partial charge in [0.25, 0.3) is 11.5 Å². The predicted octanol–water partition coefficient (Wildman–Crippen LogP) is 4.23. The first-order chi connectivity index (χ1) is 19.1. The van der Waals surface area contributed by atoms with E-state index in [0.29, 0.717) is 38.5 Å². The third-order valence-electron chi connectivity index (χ3n) is 6.41. The van der Waals surface area contributed by atoms with Gasteiger partial charge >= 0.3 is 0 Å². The van der Waals surface area contributed by atoms with Crippen molar-refractivity contribution in [2.45, 2.75) is 18.4 Å². The molecule has 0 spiro atoms. The number of nitrogens with one attached hydrogen (secondary N) is 1. The molecule has 194 valence electrons. The standard InChI is InChI=1S/C30H25N5O2S2/c1-3-19-34-28(37)25(30-33(4-2)22-17-11-12-18-23(22)38-30)39-29(34)24-26(31-20-13-7-5-8-14-20)32-35(27(24)36)21-15-9-6-10-16-21/h3,5-18H,1,4,19H2,2H3,(H,31,32)/b29-24+,30-25-. The van der Waals surface area contributed by atoms with E-state index in [1.165, 1.54) is 16.3 Å². The van der Waals surface area contributed by atoms with Crippen LogP contribution in [0.25, 0.3) is 10.6 Å². The lowest BCUT2D eigenvalue weighted by Gasteiger charge is -2.16. The summed E-state index contributed by atoms with van der Waals surface area (Å²) in [6.07, 6.45) is 1.68. The van der Waals surface area contributed by atoms with Gasteiger partial charge < -0.3 is 4.90 Å². The van der Waals surface area contributed by atoms with Crippen LogP contribution in [-0.2, 0) is 11.3 Å². The smallest absolute Gasteiger partial charge is 0.283 e. The van der Waals surface area contributed by atoms with Crippen LogP contribution < -0.4 is 30.1 Å². The number of thioether (sulfide) groups is 1. The maximum absolute atomic E-state index is 14.0. The molecule has 1 amide bonds. The minimum atomic E-state index is -0.277. The van der Waals surface area contributed by atoms with Crippen LogP contribution in [0.1, 0.15) is 6.92 Å². The zero-order chi connectivity index (χ0) is 26.9. The van der Waals surface area contributed by atoms with E-state index < -0.39 is 0 Å². The Labute approximate surface area is 233 Å². The van der Waals surface area contributed by atoms with Crippen molar-refractivity contribution in [2.24, 2.45) is 4.99 Å². The van der Waals surface area contributed by atoms with Crippen molar-refractivity contribution >= 4 is 62.5 Å². The number of rotatable bonds is 5. The number of carbonyl (C=O) groups excluding carboxylic acids is 1. The van der Waals surface area contributed by atoms with Crippen LogP contribution in [0.4, 0.5) is 17.1 Å². The number of allylic oxidation sites excluding steroid dienone is 1. The largest absolute Gasteiger partial charge is 0.334 e. The average molecular weight is 552 g/mol. The lowest BCUT2D eigenvalue weighted by atomic mass is 10.2. The summed E-state index contributed by atoms with van der Waals surface area (Å²) in [4.78, 5) is 36.0. The number of thiazole rings is 1. The van der Waals surface area contributed by atoms with Crippen LogP contribution in [0.15, 0.2) is 112 Å². The van der Waals surface area contributed by atoms with Gasteiger partial charge in [-0.05, 0) is 43.3 Å². The fourth-order valence-electron chi connectivity index (χ4n) is 4.63. The number of para-hydroxylation sites is 3. The molecule has 1 aromatic heterocycles. The van der Waals surface area contributed by atoms with Crippen LogP contribution in [0.5, 0.6) is 0 Å². The van der Waals surface area contributed by atoms with Crippen LogP contribution in [0.3, 0.4) is 0 Å². The number of anilines is 2. The van der Waals surface area contributed by atoms with E-state index in [9.17, 15) is 9.59 Å². The van der Waals surface area contributed by atoms with Gasteiger partial charge in [0.2, 0.25) is 0 Å². The highest BCUT2D eigenvalue weighted by Gasteiger charge is 2.36. The molecule has 3 aromatic carbocycles. The number of hydrogen-bond donors (Lipinski definition) is 1. The Morgan fingerprint density at radius 1 is 0.949 bits per heavy atom. The first kappa shape index (κ1) is 25.0. The summed E-state index contributed by atoms with van der Waals surface area (Å²) in [5, 5.41) is 2.35. The molecule has 9 heteroatoms. The summed E-state index contributed by atoms with van der Waals surface area (Å²) >= 11 is 2.91. The Balaban J connectivity index is 1.64. The molecule has 3 heterocycles. The van der Waals surface area contributed by atoms with Crippen molar-refractivity contribution in [2.75, 3.05) is 16.5 Å². The molecule has 4 aromatic rings. The zero-order valence-corrected chi connectivity index (χ0v) is 22.8. The van der Waals surface area contributed by atoms with Crippen molar-refractivity contribution < 1.29 is 4.79 Å². The Hall–Kier alpha value is -4.34. The van der Waals surface area contributed by atoms with E-state index in [1.807, 2.05) is 72.8 Å². The molecule has 0 radical (unpaired) electrons. The summed E-state index contributed by atoms with van der Waals surface area (Å²) in [6, 6.07) is 26.9. The molecule has 1 saturated heterocycles. The van der Waals surface area contributed by atoms with Gasteiger partial charge in [-0.15, -0.1) is 17.9 Å².